The lowest BCUT2D eigenvalue weighted by Gasteiger charge is -2.19. The summed E-state index contributed by atoms with van der Waals surface area (Å²) in [6.45, 7) is 0. The minimum Gasteiger partial charge on any atom is -0.332 e. The van der Waals surface area contributed by atoms with Crippen LogP contribution in [0.15, 0.2) is 24.3 Å². The molecule has 18 heavy (non-hydrogen) atoms. The van der Waals surface area contributed by atoms with Gasteiger partial charge in [-0.3, -0.25) is 14.9 Å². The number of nitro groups is 1. The molecule has 0 bridgehead atoms. The monoisotopic (exact) mass is 330 g/mol. The molecule has 0 aliphatic heterocycles. The average Bonchev–Trinajstić information content (AvgIpc) is 2.27. The smallest absolute Gasteiger partial charge is 0.269 e. The molecule has 0 radical (unpaired) electrons. The second-order valence-electron chi connectivity index (χ2n) is 3.18. The van der Waals surface area contributed by atoms with Crippen molar-refractivity contribution in [3.63, 3.8) is 0 Å². The van der Waals surface area contributed by atoms with Crippen LogP contribution >= 0.6 is 46.4 Å². The Morgan fingerprint density at radius 1 is 1.28 bits per heavy atom. The second-order valence-corrected chi connectivity index (χ2v) is 5.99. The lowest BCUT2D eigenvalue weighted by molar-refractivity contribution is -0.384. The van der Waals surface area contributed by atoms with Crippen LogP contribution in [0.4, 0.5) is 5.69 Å². The van der Waals surface area contributed by atoms with E-state index >= 15 is 0 Å². The molecule has 98 valence electrons. The van der Waals surface area contributed by atoms with Crippen LogP contribution in [0.3, 0.4) is 0 Å². The van der Waals surface area contributed by atoms with Crippen molar-refractivity contribution >= 4 is 58.0 Å². The summed E-state index contributed by atoms with van der Waals surface area (Å²) in [6, 6.07) is 4.92. The topological polar surface area (TPSA) is 72.2 Å². The highest BCUT2D eigenvalue weighted by molar-refractivity contribution is 6.70. The number of nitrogens with one attached hydrogen (secondary N) is 1. The molecule has 0 saturated carbocycles. The van der Waals surface area contributed by atoms with E-state index in [2.05, 4.69) is 5.32 Å². The molecule has 0 spiro atoms. The van der Waals surface area contributed by atoms with Gasteiger partial charge in [-0.05, 0) is 12.1 Å². The molecule has 9 heteroatoms. The number of alkyl halides is 4. The molecule has 1 amide bonds. The van der Waals surface area contributed by atoms with Crippen molar-refractivity contribution in [2.75, 3.05) is 0 Å². The van der Waals surface area contributed by atoms with E-state index < -0.39 is 20.1 Å². The first kappa shape index (κ1) is 15.3. The highest BCUT2D eigenvalue weighted by Crippen LogP contribution is 2.32. The average molecular weight is 332 g/mol. The first-order chi connectivity index (χ1) is 8.21. The normalized spacial score (nSPS) is 12.9. The van der Waals surface area contributed by atoms with Gasteiger partial charge < -0.3 is 5.32 Å². The van der Waals surface area contributed by atoms with Gasteiger partial charge in [0, 0.05) is 17.7 Å². The van der Waals surface area contributed by atoms with Crippen molar-refractivity contribution in [2.24, 2.45) is 0 Å². The quantitative estimate of drug-likeness (QED) is 0.400. The van der Waals surface area contributed by atoms with Gasteiger partial charge in [-0.1, -0.05) is 46.4 Å². The number of non-ortho nitro benzene ring substituents is 1. The predicted octanol–water partition coefficient (Wildman–Crippen LogP) is 3.26. The third kappa shape index (κ3) is 4.17. The van der Waals surface area contributed by atoms with Crippen LogP contribution in [-0.4, -0.2) is 20.1 Å². The molecule has 1 rings (SSSR count). The Morgan fingerprint density at radius 3 is 2.17 bits per heavy atom. The van der Waals surface area contributed by atoms with Crippen molar-refractivity contribution in [1.29, 1.82) is 0 Å². The molecule has 0 aliphatic rings. The third-order valence-electron chi connectivity index (χ3n) is 1.89. The Kier molecular flexibility index (Phi) is 5.04. The van der Waals surface area contributed by atoms with Crippen LogP contribution < -0.4 is 5.32 Å². The maximum absolute atomic E-state index is 11.6. The van der Waals surface area contributed by atoms with E-state index in [4.69, 9.17) is 46.4 Å². The van der Waals surface area contributed by atoms with E-state index in [-0.39, 0.29) is 11.3 Å². The van der Waals surface area contributed by atoms with Crippen LogP contribution in [0.5, 0.6) is 0 Å². The summed E-state index contributed by atoms with van der Waals surface area (Å²) >= 11 is 22.1. The fourth-order valence-corrected chi connectivity index (χ4v) is 1.28. The van der Waals surface area contributed by atoms with Gasteiger partial charge in [0.2, 0.25) is 3.79 Å². The van der Waals surface area contributed by atoms with E-state index in [1.165, 1.54) is 24.3 Å². The van der Waals surface area contributed by atoms with Crippen LogP contribution in [0.1, 0.15) is 10.4 Å². The number of nitrogens with zero attached hydrogens (tertiary/aromatic N) is 1. The maximum Gasteiger partial charge on any atom is 0.269 e. The zero-order valence-corrected chi connectivity index (χ0v) is 11.6. The highest BCUT2D eigenvalue weighted by atomic mass is 35.6. The number of hydrogen-bond donors (Lipinski definition) is 1. The molecule has 0 unspecified atom stereocenters. The molecule has 0 heterocycles. The van der Waals surface area contributed by atoms with Crippen LogP contribution in [0.25, 0.3) is 0 Å². The number of hydrogen-bond acceptors (Lipinski definition) is 3. The summed E-state index contributed by atoms with van der Waals surface area (Å²) in [5.41, 5.74) is -1.18. The molecular weight excluding hydrogens is 326 g/mol. The molecule has 1 aromatic rings. The van der Waals surface area contributed by atoms with Crippen LogP contribution in [0.2, 0.25) is 0 Å². The Labute approximate surface area is 122 Å². The number of carbonyl (C=O) groups is 1. The number of nitro benzene ring substituents is 1. The fourth-order valence-electron chi connectivity index (χ4n) is 1.01. The van der Waals surface area contributed by atoms with Gasteiger partial charge >= 0.3 is 0 Å². The number of rotatable bonds is 3. The molecule has 1 atom stereocenters. The van der Waals surface area contributed by atoms with Gasteiger partial charge in [-0.15, -0.1) is 0 Å². The Hall–Kier alpha value is -0.750. The summed E-state index contributed by atoms with van der Waals surface area (Å²) < 4.78 is -1.85. The van der Waals surface area contributed by atoms with E-state index in [1.54, 1.807) is 0 Å². The lowest BCUT2D eigenvalue weighted by Crippen LogP contribution is -2.39. The van der Waals surface area contributed by atoms with Crippen molar-refractivity contribution in [3.05, 3.63) is 39.9 Å². The highest BCUT2D eigenvalue weighted by Gasteiger charge is 2.32. The summed E-state index contributed by atoms with van der Waals surface area (Å²) in [4.78, 5) is 21.5. The Balaban J connectivity index is 2.76. The fraction of sp³-hybridized carbons (Fsp3) is 0.222. The number of amides is 1. The summed E-state index contributed by atoms with van der Waals surface area (Å²) in [5, 5.41) is 12.7. The van der Waals surface area contributed by atoms with Crippen molar-refractivity contribution < 1.29 is 9.72 Å². The lowest BCUT2D eigenvalue weighted by atomic mass is 10.2. The minimum atomic E-state index is -1.85. The van der Waals surface area contributed by atoms with Gasteiger partial charge in [0.1, 0.15) is 0 Å². The first-order valence-corrected chi connectivity index (χ1v) is 6.05. The minimum absolute atomic E-state index is 0.129. The Bertz CT molecular complexity index is 458. The van der Waals surface area contributed by atoms with Crippen LogP contribution in [-0.2, 0) is 0 Å². The van der Waals surface area contributed by atoms with Crippen molar-refractivity contribution in [2.45, 2.75) is 9.29 Å². The summed E-state index contributed by atoms with van der Waals surface area (Å²) in [6.07, 6.45) is 0. The number of carbonyl (C=O) groups excluding carboxylic acids is 1. The zero-order chi connectivity index (χ0) is 13.9. The van der Waals surface area contributed by atoms with Crippen molar-refractivity contribution in [3.8, 4) is 0 Å². The first-order valence-electron chi connectivity index (χ1n) is 4.48. The maximum atomic E-state index is 11.6. The van der Waals surface area contributed by atoms with Crippen molar-refractivity contribution in [1.82, 2.24) is 5.32 Å². The number of halogens is 4. The van der Waals surface area contributed by atoms with Gasteiger partial charge in [0.15, 0.2) is 5.50 Å². The Morgan fingerprint density at radius 2 is 1.78 bits per heavy atom. The number of benzene rings is 1. The molecule has 0 aromatic heterocycles. The predicted molar refractivity (Wildman–Crippen MR) is 70.5 cm³/mol. The molecule has 0 fully saturated rings. The second kappa shape index (κ2) is 5.93. The summed E-state index contributed by atoms with van der Waals surface area (Å²) in [5.74, 6) is -0.601. The molecule has 5 nitrogen and oxygen atoms in total. The van der Waals surface area contributed by atoms with E-state index in [0.717, 1.165) is 0 Å². The SMILES string of the molecule is O=C(N[C@H](Cl)C(Cl)(Cl)Cl)c1ccc([N+](=O)[O-])cc1. The van der Waals surface area contributed by atoms with Gasteiger partial charge in [-0.2, -0.15) is 0 Å². The molecular formula is C9H6Cl4N2O3. The zero-order valence-electron chi connectivity index (χ0n) is 8.57. The molecule has 1 N–H and O–H groups in total. The van der Waals surface area contributed by atoms with Gasteiger partial charge in [0.05, 0.1) is 4.92 Å². The molecule has 0 saturated heterocycles. The van der Waals surface area contributed by atoms with E-state index in [0.29, 0.717) is 0 Å². The van der Waals surface area contributed by atoms with Gasteiger partial charge in [0.25, 0.3) is 11.6 Å². The molecule has 0 aliphatic carbocycles. The largest absolute Gasteiger partial charge is 0.332 e. The summed E-state index contributed by atoms with van der Waals surface area (Å²) in [7, 11) is 0. The third-order valence-corrected chi connectivity index (χ3v) is 3.31. The standard InChI is InChI=1S/C9H6Cl4N2O3/c10-8(9(11,12)13)14-7(16)5-1-3-6(4-2-5)15(17)18/h1-4,8H,(H,14,16)/t8-/m0/s1. The van der Waals surface area contributed by atoms with E-state index in [1.807, 2.05) is 0 Å². The van der Waals surface area contributed by atoms with E-state index in [9.17, 15) is 14.9 Å². The molecule has 1 aromatic carbocycles. The van der Waals surface area contributed by atoms with Gasteiger partial charge in [-0.25, -0.2) is 0 Å². The van der Waals surface area contributed by atoms with Crippen LogP contribution in [0, 0.1) is 10.1 Å².